The van der Waals surface area contributed by atoms with Crippen molar-refractivity contribution in [2.75, 3.05) is 7.11 Å². The molecule has 0 bridgehead atoms. The number of aromatic amines is 1. The molecule has 8 heteroatoms. The molecule has 0 fully saturated rings. The Morgan fingerprint density at radius 2 is 2.08 bits per heavy atom. The summed E-state index contributed by atoms with van der Waals surface area (Å²) in [5.41, 5.74) is 2.57. The number of imidazole rings is 1. The molecule has 126 valence electrons. The summed E-state index contributed by atoms with van der Waals surface area (Å²) in [7, 11) is 1.30. The van der Waals surface area contributed by atoms with E-state index in [0.717, 1.165) is 11.0 Å². The fourth-order valence-electron chi connectivity index (χ4n) is 2.89. The fraction of sp³-hybridized carbons (Fsp3) is 0.176. The van der Waals surface area contributed by atoms with Crippen molar-refractivity contribution >= 4 is 17.0 Å². The van der Waals surface area contributed by atoms with Crippen LogP contribution < -0.4 is 5.56 Å². The van der Waals surface area contributed by atoms with Crippen LogP contribution in [0.3, 0.4) is 0 Å². The first-order valence-electron chi connectivity index (χ1n) is 7.73. The van der Waals surface area contributed by atoms with E-state index in [1.807, 2.05) is 28.8 Å². The highest BCUT2D eigenvalue weighted by molar-refractivity contribution is 5.95. The lowest BCUT2D eigenvalue weighted by Crippen LogP contribution is -2.14. The molecule has 0 spiro atoms. The summed E-state index contributed by atoms with van der Waals surface area (Å²) in [4.78, 5) is 28.3. The minimum absolute atomic E-state index is 0.258. The molecule has 1 aromatic heterocycles. The molecule has 3 heterocycles. The average Bonchev–Trinajstić information content (AvgIpc) is 3.23. The standard InChI is InChI=1S/C17H15N5O3/c1-25-17(24)12-9-21(8-11-15(12)19-20-16(11)23)6-7-22-10-18-13-4-2-3-5-14(13)22/h2-5,8-10H,6-7H2,1H3,(H,20,23). The number of aromatic nitrogens is 5. The Morgan fingerprint density at radius 1 is 1.24 bits per heavy atom. The first-order valence-corrected chi connectivity index (χ1v) is 7.73. The molecule has 1 aromatic carbocycles. The van der Waals surface area contributed by atoms with E-state index in [0.29, 0.717) is 24.3 Å². The Balaban J connectivity index is 1.69. The SMILES string of the molecule is COC(=O)c1cn(CCn2cnc3ccccc32)cc2c(=O)[nH]nc1-2. The van der Waals surface area contributed by atoms with Gasteiger partial charge in [-0.2, -0.15) is 5.10 Å². The molecule has 0 saturated carbocycles. The normalized spacial score (nSPS) is 11.2. The number of methoxy groups -OCH3 is 1. The number of carbonyl (C=O) groups is 1. The summed E-state index contributed by atoms with van der Waals surface area (Å²) in [6.07, 6.45) is 5.11. The van der Waals surface area contributed by atoms with E-state index in [1.165, 1.54) is 7.11 Å². The third kappa shape index (κ3) is 2.57. The lowest BCUT2D eigenvalue weighted by atomic mass is 10.1. The van der Waals surface area contributed by atoms with Gasteiger partial charge in [-0.15, -0.1) is 0 Å². The molecule has 2 aromatic rings. The van der Waals surface area contributed by atoms with Crippen LogP contribution in [0, 0.1) is 0 Å². The Hall–Kier alpha value is -3.42. The number of hydrogen-bond donors (Lipinski definition) is 1. The number of fused-ring (bicyclic) bond motifs is 2. The van der Waals surface area contributed by atoms with Gasteiger partial charge in [0.15, 0.2) is 0 Å². The topological polar surface area (TPSA) is 94.8 Å². The monoisotopic (exact) mass is 337 g/mol. The maximum absolute atomic E-state index is 12.0. The van der Waals surface area contributed by atoms with Crippen molar-refractivity contribution in [2.24, 2.45) is 0 Å². The molecule has 0 radical (unpaired) electrons. The predicted molar refractivity (Wildman–Crippen MR) is 90.5 cm³/mol. The van der Waals surface area contributed by atoms with Gasteiger partial charge in [0, 0.05) is 25.5 Å². The second kappa shape index (κ2) is 5.90. The molecule has 0 unspecified atom stereocenters. The number of rotatable bonds is 4. The first kappa shape index (κ1) is 15.1. The summed E-state index contributed by atoms with van der Waals surface area (Å²) in [5.74, 6) is -0.529. The molecule has 0 amide bonds. The van der Waals surface area contributed by atoms with E-state index >= 15 is 0 Å². The minimum Gasteiger partial charge on any atom is -0.465 e. The second-order valence-electron chi connectivity index (χ2n) is 5.64. The molecule has 4 rings (SSSR count). The van der Waals surface area contributed by atoms with E-state index in [4.69, 9.17) is 4.74 Å². The number of benzene rings is 1. The summed E-state index contributed by atoms with van der Waals surface area (Å²) in [6, 6.07) is 7.86. The third-order valence-electron chi connectivity index (χ3n) is 4.15. The molecule has 25 heavy (non-hydrogen) atoms. The molecule has 8 nitrogen and oxygen atoms in total. The van der Waals surface area contributed by atoms with Gasteiger partial charge < -0.3 is 13.9 Å². The quantitative estimate of drug-likeness (QED) is 0.570. The van der Waals surface area contributed by atoms with E-state index in [2.05, 4.69) is 15.2 Å². The van der Waals surface area contributed by atoms with Crippen LogP contribution in [-0.2, 0) is 17.8 Å². The van der Waals surface area contributed by atoms with Gasteiger partial charge in [-0.25, -0.2) is 14.9 Å². The number of ether oxygens (including phenoxy) is 1. The lowest BCUT2D eigenvalue weighted by molar-refractivity contribution is 0.0600. The Kier molecular flexibility index (Phi) is 3.57. The van der Waals surface area contributed by atoms with E-state index < -0.39 is 5.97 Å². The molecule has 2 aliphatic rings. The number of nitrogens with zero attached hydrogens (tertiary/aromatic N) is 4. The maximum atomic E-state index is 12.0. The molecule has 0 atom stereocenters. The van der Waals surface area contributed by atoms with Crippen molar-refractivity contribution in [2.45, 2.75) is 13.1 Å². The van der Waals surface area contributed by atoms with Gasteiger partial charge in [0.2, 0.25) is 0 Å². The summed E-state index contributed by atoms with van der Waals surface area (Å²) in [5, 5.41) is 6.29. The average molecular weight is 337 g/mol. The maximum Gasteiger partial charge on any atom is 0.341 e. The molecule has 2 aliphatic heterocycles. The predicted octanol–water partition coefficient (Wildman–Crippen LogP) is 1.51. The Labute approximate surface area is 142 Å². The number of carbonyl (C=O) groups excluding carboxylic acids is 1. The van der Waals surface area contributed by atoms with Gasteiger partial charge in [0.25, 0.3) is 5.56 Å². The highest BCUT2D eigenvalue weighted by Gasteiger charge is 2.21. The van der Waals surface area contributed by atoms with Gasteiger partial charge >= 0.3 is 5.97 Å². The van der Waals surface area contributed by atoms with Crippen molar-refractivity contribution < 1.29 is 9.53 Å². The molecule has 0 saturated heterocycles. The van der Waals surface area contributed by atoms with Crippen LogP contribution in [-0.4, -0.2) is 37.4 Å². The zero-order valence-electron chi connectivity index (χ0n) is 13.5. The van der Waals surface area contributed by atoms with Crippen LogP contribution in [0.4, 0.5) is 0 Å². The number of hydrogen-bond acceptors (Lipinski definition) is 5. The second-order valence-corrected chi connectivity index (χ2v) is 5.64. The van der Waals surface area contributed by atoms with Crippen LogP contribution >= 0.6 is 0 Å². The van der Waals surface area contributed by atoms with Crippen molar-refractivity contribution in [1.82, 2.24) is 24.3 Å². The van der Waals surface area contributed by atoms with E-state index in [1.54, 1.807) is 23.3 Å². The van der Waals surface area contributed by atoms with Gasteiger partial charge in [0.1, 0.15) is 11.3 Å². The fourth-order valence-corrected chi connectivity index (χ4v) is 2.89. The van der Waals surface area contributed by atoms with Crippen molar-refractivity contribution in [3.05, 3.63) is 58.9 Å². The van der Waals surface area contributed by atoms with Crippen LogP contribution in [0.2, 0.25) is 0 Å². The zero-order chi connectivity index (χ0) is 17.4. The van der Waals surface area contributed by atoms with Gasteiger partial charge in [0.05, 0.1) is 30.0 Å². The van der Waals surface area contributed by atoms with Crippen molar-refractivity contribution in [3.8, 4) is 11.3 Å². The van der Waals surface area contributed by atoms with Gasteiger partial charge in [-0.05, 0) is 12.1 Å². The first-order chi connectivity index (χ1) is 12.2. The third-order valence-corrected chi connectivity index (χ3v) is 4.15. The molecular weight excluding hydrogens is 322 g/mol. The van der Waals surface area contributed by atoms with Gasteiger partial charge in [-0.3, -0.25) is 4.79 Å². The zero-order valence-corrected chi connectivity index (χ0v) is 13.5. The number of esters is 1. The van der Waals surface area contributed by atoms with Crippen LogP contribution in [0.1, 0.15) is 10.4 Å². The highest BCUT2D eigenvalue weighted by atomic mass is 16.5. The van der Waals surface area contributed by atoms with Crippen LogP contribution in [0.25, 0.3) is 22.3 Å². The van der Waals surface area contributed by atoms with Crippen molar-refractivity contribution in [1.29, 1.82) is 0 Å². The number of H-pyrrole nitrogens is 1. The van der Waals surface area contributed by atoms with Crippen LogP contribution in [0.5, 0.6) is 0 Å². The lowest BCUT2D eigenvalue weighted by Gasteiger charge is -2.12. The number of pyridine rings is 1. The highest BCUT2D eigenvalue weighted by Crippen LogP contribution is 2.21. The summed E-state index contributed by atoms with van der Waals surface area (Å²) >= 11 is 0. The van der Waals surface area contributed by atoms with Crippen LogP contribution in [0.15, 0.2) is 47.8 Å². The van der Waals surface area contributed by atoms with E-state index in [9.17, 15) is 9.59 Å². The molecule has 0 aliphatic carbocycles. The smallest absolute Gasteiger partial charge is 0.341 e. The summed E-state index contributed by atoms with van der Waals surface area (Å²) in [6.45, 7) is 1.20. The molecular formula is C17H15N5O3. The Bertz CT molecular complexity index is 1090. The Morgan fingerprint density at radius 3 is 2.92 bits per heavy atom. The van der Waals surface area contributed by atoms with E-state index in [-0.39, 0.29) is 11.1 Å². The number of nitrogens with one attached hydrogen (secondary N) is 1. The number of para-hydroxylation sites is 2. The van der Waals surface area contributed by atoms with Crippen molar-refractivity contribution in [3.63, 3.8) is 0 Å². The summed E-state index contributed by atoms with van der Waals surface area (Å²) < 4.78 is 8.61. The minimum atomic E-state index is -0.529. The number of aryl methyl sites for hydroxylation is 2. The largest absolute Gasteiger partial charge is 0.465 e. The van der Waals surface area contributed by atoms with Gasteiger partial charge in [-0.1, -0.05) is 12.1 Å². The molecule has 1 N–H and O–H groups in total.